The quantitative estimate of drug-likeness (QED) is 0.779. The summed E-state index contributed by atoms with van der Waals surface area (Å²) in [5.41, 5.74) is 0. The van der Waals surface area contributed by atoms with Gasteiger partial charge in [0.25, 0.3) is 0 Å². The van der Waals surface area contributed by atoms with Gasteiger partial charge >= 0.3 is 0 Å². The molecule has 1 aromatic carbocycles. The molecule has 0 aliphatic heterocycles. The van der Waals surface area contributed by atoms with Gasteiger partial charge in [-0.25, -0.2) is 0 Å². The van der Waals surface area contributed by atoms with Crippen LogP contribution < -0.4 is 10.1 Å². The molecular weight excluding hydrogens is 233 g/mol. The summed E-state index contributed by atoms with van der Waals surface area (Å²) < 4.78 is 5.52. The monoisotopic (exact) mass is 247 g/mol. The summed E-state index contributed by atoms with van der Waals surface area (Å²) in [6, 6.07) is 5.26. The van der Waals surface area contributed by atoms with Gasteiger partial charge in [-0.05, 0) is 44.6 Å². The molecule has 84 valence electrons. The fourth-order valence-corrected chi connectivity index (χ4v) is 1.64. The molecule has 0 heterocycles. The molecule has 0 aliphatic rings. The van der Waals surface area contributed by atoms with Crippen LogP contribution in [0.5, 0.6) is 5.75 Å². The first-order valence-corrected chi connectivity index (χ1v) is 5.72. The Morgan fingerprint density at radius 2 is 2.07 bits per heavy atom. The van der Waals surface area contributed by atoms with Crippen LogP contribution in [-0.4, -0.2) is 20.2 Å². The van der Waals surface area contributed by atoms with Crippen LogP contribution in [0.3, 0.4) is 0 Å². The molecule has 0 radical (unpaired) electrons. The third-order valence-corrected chi connectivity index (χ3v) is 2.50. The molecule has 0 unspecified atom stereocenters. The molecule has 0 saturated carbocycles. The smallest absolute Gasteiger partial charge is 0.137 e. The maximum Gasteiger partial charge on any atom is 0.137 e. The molecule has 1 aromatic rings. The van der Waals surface area contributed by atoms with Crippen molar-refractivity contribution in [3.8, 4) is 5.75 Å². The van der Waals surface area contributed by atoms with E-state index in [1.165, 1.54) is 0 Å². The molecule has 0 amide bonds. The molecule has 1 rings (SSSR count). The first-order chi connectivity index (χ1) is 7.24. The van der Waals surface area contributed by atoms with E-state index in [9.17, 15) is 0 Å². The van der Waals surface area contributed by atoms with Gasteiger partial charge in [-0.15, -0.1) is 0 Å². The highest BCUT2D eigenvalue weighted by atomic mass is 35.5. The third kappa shape index (κ3) is 4.74. The van der Waals surface area contributed by atoms with Crippen LogP contribution in [0, 0.1) is 0 Å². The van der Waals surface area contributed by atoms with Crippen molar-refractivity contribution in [2.24, 2.45) is 0 Å². The molecule has 0 spiro atoms. The maximum absolute atomic E-state index is 5.95. The van der Waals surface area contributed by atoms with Gasteiger partial charge in [0.2, 0.25) is 0 Å². The lowest BCUT2D eigenvalue weighted by Gasteiger charge is -2.07. The highest BCUT2D eigenvalue weighted by Gasteiger charge is 2.01. The summed E-state index contributed by atoms with van der Waals surface area (Å²) in [4.78, 5) is 0. The summed E-state index contributed by atoms with van der Waals surface area (Å²) >= 11 is 11.7. The molecule has 0 fully saturated rings. The second-order valence-corrected chi connectivity index (χ2v) is 4.08. The average molecular weight is 248 g/mol. The van der Waals surface area contributed by atoms with Crippen LogP contribution in [0.2, 0.25) is 10.0 Å². The van der Waals surface area contributed by atoms with E-state index in [0.717, 1.165) is 19.4 Å². The number of unbranched alkanes of at least 4 members (excludes halogenated alkanes) is 1. The minimum absolute atomic E-state index is 0.566. The Hall–Kier alpha value is -0.440. The van der Waals surface area contributed by atoms with E-state index >= 15 is 0 Å². The first kappa shape index (κ1) is 12.6. The average Bonchev–Trinajstić information content (AvgIpc) is 2.20. The van der Waals surface area contributed by atoms with Crippen LogP contribution in [0.1, 0.15) is 12.8 Å². The number of ether oxygens (including phenoxy) is 1. The van der Waals surface area contributed by atoms with Crippen LogP contribution in [0.4, 0.5) is 0 Å². The van der Waals surface area contributed by atoms with Crippen molar-refractivity contribution in [1.82, 2.24) is 5.32 Å². The van der Waals surface area contributed by atoms with E-state index in [-0.39, 0.29) is 0 Å². The van der Waals surface area contributed by atoms with Crippen LogP contribution >= 0.6 is 23.2 Å². The minimum Gasteiger partial charge on any atom is -0.492 e. The number of hydrogen-bond acceptors (Lipinski definition) is 2. The highest BCUT2D eigenvalue weighted by molar-refractivity contribution is 6.35. The Balaban J connectivity index is 2.31. The standard InChI is InChI=1S/C11H15Cl2NO/c1-14-6-2-3-7-15-11-5-4-9(12)8-10(11)13/h4-5,8,14H,2-3,6-7H2,1H3. The highest BCUT2D eigenvalue weighted by Crippen LogP contribution is 2.27. The molecule has 0 aromatic heterocycles. The molecule has 0 saturated heterocycles. The van der Waals surface area contributed by atoms with Crippen LogP contribution in [0.25, 0.3) is 0 Å². The van der Waals surface area contributed by atoms with E-state index in [1.54, 1.807) is 18.2 Å². The number of hydrogen-bond donors (Lipinski definition) is 1. The van der Waals surface area contributed by atoms with E-state index in [2.05, 4.69) is 5.32 Å². The van der Waals surface area contributed by atoms with Crippen molar-refractivity contribution >= 4 is 23.2 Å². The Labute approximate surface area is 101 Å². The summed E-state index contributed by atoms with van der Waals surface area (Å²) in [7, 11) is 1.94. The molecule has 4 heteroatoms. The van der Waals surface area contributed by atoms with Crippen LogP contribution in [-0.2, 0) is 0 Å². The molecule has 15 heavy (non-hydrogen) atoms. The number of nitrogens with one attached hydrogen (secondary N) is 1. The number of rotatable bonds is 6. The Bertz CT molecular complexity index is 305. The van der Waals surface area contributed by atoms with Gasteiger partial charge in [0.15, 0.2) is 0 Å². The topological polar surface area (TPSA) is 21.3 Å². The summed E-state index contributed by atoms with van der Waals surface area (Å²) in [5, 5.41) is 4.28. The van der Waals surface area contributed by atoms with Crippen LogP contribution in [0.15, 0.2) is 18.2 Å². The predicted octanol–water partition coefficient (Wildman–Crippen LogP) is 3.37. The SMILES string of the molecule is CNCCCCOc1ccc(Cl)cc1Cl. The number of halogens is 2. The van der Waals surface area contributed by atoms with Gasteiger partial charge in [-0.2, -0.15) is 0 Å². The summed E-state index contributed by atoms with van der Waals surface area (Å²) in [5.74, 6) is 0.700. The van der Waals surface area contributed by atoms with Crippen molar-refractivity contribution in [1.29, 1.82) is 0 Å². The molecular formula is C11H15Cl2NO. The summed E-state index contributed by atoms with van der Waals surface area (Å²) in [6.45, 7) is 1.70. The second-order valence-electron chi connectivity index (χ2n) is 3.23. The lowest BCUT2D eigenvalue weighted by Crippen LogP contribution is -2.09. The molecule has 0 atom stereocenters. The van der Waals surface area contributed by atoms with Crippen molar-refractivity contribution in [2.45, 2.75) is 12.8 Å². The van der Waals surface area contributed by atoms with E-state index < -0.39 is 0 Å². The first-order valence-electron chi connectivity index (χ1n) is 4.96. The Morgan fingerprint density at radius 3 is 2.73 bits per heavy atom. The van der Waals surface area contributed by atoms with Crippen molar-refractivity contribution in [3.05, 3.63) is 28.2 Å². The van der Waals surface area contributed by atoms with Crippen molar-refractivity contribution < 1.29 is 4.74 Å². The van der Waals surface area contributed by atoms with Gasteiger partial charge in [-0.3, -0.25) is 0 Å². The lowest BCUT2D eigenvalue weighted by molar-refractivity contribution is 0.306. The fraction of sp³-hybridized carbons (Fsp3) is 0.455. The summed E-state index contributed by atoms with van der Waals surface area (Å²) in [6.07, 6.45) is 2.11. The predicted molar refractivity (Wildman–Crippen MR) is 65.1 cm³/mol. The molecule has 0 bridgehead atoms. The minimum atomic E-state index is 0.566. The Morgan fingerprint density at radius 1 is 1.27 bits per heavy atom. The molecule has 2 nitrogen and oxygen atoms in total. The molecule has 1 N–H and O–H groups in total. The van der Waals surface area contributed by atoms with Gasteiger partial charge in [-0.1, -0.05) is 23.2 Å². The zero-order valence-electron chi connectivity index (χ0n) is 8.72. The third-order valence-electron chi connectivity index (χ3n) is 1.97. The van der Waals surface area contributed by atoms with Gasteiger partial charge in [0.1, 0.15) is 5.75 Å². The second kappa shape index (κ2) is 6.94. The van der Waals surface area contributed by atoms with E-state index in [1.807, 2.05) is 7.05 Å². The largest absolute Gasteiger partial charge is 0.492 e. The lowest BCUT2D eigenvalue weighted by atomic mass is 10.3. The fourth-order valence-electron chi connectivity index (χ4n) is 1.18. The van der Waals surface area contributed by atoms with Crippen molar-refractivity contribution in [2.75, 3.05) is 20.2 Å². The molecule has 0 aliphatic carbocycles. The van der Waals surface area contributed by atoms with Gasteiger partial charge < -0.3 is 10.1 Å². The maximum atomic E-state index is 5.95. The van der Waals surface area contributed by atoms with Crippen molar-refractivity contribution in [3.63, 3.8) is 0 Å². The normalized spacial score (nSPS) is 10.3. The Kier molecular flexibility index (Phi) is 5.84. The van der Waals surface area contributed by atoms with Gasteiger partial charge in [0, 0.05) is 5.02 Å². The number of benzene rings is 1. The van der Waals surface area contributed by atoms with E-state index in [0.29, 0.717) is 22.4 Å². The zero-order valence-corrected chi connectivity index (χ0v) is 10.2. The van der Waals surface area contributed by atoms with E-state index in [4.69, 9.17) is 27.9 Å². The zero-order chi connectivity index (χ0) is 11.1. The van der Waals surface area contributed by atoms with Gasteiger partial charge in [0.05, 0.1) is 11.6 Å².